The summed E-state index contributed by atoms with van der Waals surface area (Å²) >= 11 is 1.89. The van der Waals surface area contributed by atoms with Gasteiger partial charge in [0, 0.05) is 56.8 Å². The van der Waals surface area contributed by atoms with E-state index in [1.54, 1.807) is 0 Å². The number of anilines is 3. The van der Waals surface area contributed by atoms with E-state index < -0.39 is 10.0 Å². The average Bonchev–Trinajstić information content (AvgIpc) is 3.95. The SMILES string of the molecule is c1ccc(-c2ccc(N(c3ccccc3)c3cccc(-c4ccc5sc6ccc(S7(c8cc(-c9ccccc9)cc(-c9ccccc9)c8)c8ccccc8-c8ccccc87)cc6c5c4)c3)cc2)cc1. The Labute approximate surface area is 409 Å². The second kappa shape index (κ2) is 17.1. The molecule has 1 aromatic heterocycles. The molecule has 0 bridgehead atoms. The van der Waals surface area contributed by atoms with E-state index in [1.165, 1.54) is 95.4 Å². The fourth-order valence-electron chi connectivity index (χ4n) is 10.5. The molecule has 13 rings (SSSR count). The maximum Gasteiger partial charge on any atom is 0.0467 e. The largest absolute Gasteiger partial charge is 0.310 e. The Hall–Kier alpha value is -8.21. The molecule has 326 valence electrons. The molecule has 0 saturated heterocycles. The molecule has 0 saturated carbocycles. The molecule has 1 aliphatic rings. The Morgan fingerprint density at radius 2 is 0.696 bits per heavy atom. The number of benzene rings is 11. The first-order valence-electron chi connectivity index (χ1n) is 23.5. The molecule has 0 unspecified atom stereocenters. The summed E-state index contributed by atoms with van der Waals surface area (Å²) in [6.45, 7) is 0. The van der Waals surface area contributed by atoms with Crippen molar-refractivity contribution in [3.8, 4) is 55.6 Å². The number of rotatable bonds is 9. The van der Waals surface area contributed by atoms with Crippen LogP contribution in [0, 0.1) is 0 Å². The van der Waals surface area contributed by atoms with Crippen LogP contribution in [0.25, 0.3) is 75.8 Å². The fraction of sp³-hybridized carbons (Fsp3) is 0. The number of thiophene rings is 1. The van der Waals surface area contributed by atoms with Gasteiger partial charge >= 0.3 is 0 Å². The van der Waals surface area contributed by atoms with E-state index in [0.717, 1.165) is 17.1 Å². The lowest BCUT2D eigenvalue weighted by molar-refractivity contribution is 1.28. The zero-order valence-corrected chi connectivity index (χ0v) is 39.4. The lowest BCUT2D eigenvalue weighted by Crippen LogP contribution is -2.09. The number of hydrogen-bond donors (Lipinski definition) is 0. The summed E-state index contributed by atoms with van der Waals surface area (Å²) in [6, 6.07) is 101. The summed E-state index contributed by atoms with van der Waals surface area (Å²) in [5, 5.41) is 2.58. The van der Waals surface area contributed by atoms with E-state index in [9.17, 15) is 0 Å². The summed E-state index contributed by atoms with van der Waals surface area (Å²) in [7, 11) is -1.99. The molecule has 0 aliphatic carbocycles. The van der Waals surface area contributed by atoms with Crippen molar-refractivity contribution in [3.05, 3.63) is 273 Å². The molecule has 3 heteroatoms. The highest BCUT2D eigenvalue weighted by atomic mass is 32.3. The van der Waals surface area contributed by atoms with E-state index in [4.69, 9.17) is 0 Å². The van der Waals surface area contributed by atoms with Gasteiger partial charge in [0.05, 0.1) is 0 Å². The van der Waals surface area contributed by atoms with Crippen molar-refractivity contribution >= 4 is 58.6 Å². The van der Waals surface area contributed by atoms with Gasteiger partial charge in [0.25, 0.3) is 0 Å². The highest BCUT2D eigenvalue weighted by Gasteiger charge is 2.42. The maximum absolute atomic E-state index is 2.55. The van der Waals surface area contributed by atoms with Crippen molar-refractivity contribution in [2.24, 2.45) is 0 Å². The molecule has 2 heterocycles. The van der Waals surface area contributed by atoms with Crippen LogP contribution in [0.3, 0.4) is 0 Å². The Balaban J connectivity index is 0.979. The third-order valence-electron chi connectivity index (χ3n) is 13.7. The minimum absolute atomic E-state index is 1.11. The topological polar surface area (TPSA) is 3.24 Å². The lowest BCUT2D eigenvalue weighted by Gasteiger charge is -2.40. The fourth-order valence-corrected chi connectivity index (χ4v) is 15.8. The van der Waals surface area contributed by atoms with Crippen molar-refractivity contribution < 1.29 is 0 Å². The van der Waals surface area contributed by atoms with Crippen LogP contribution in [0.4, 0.5) is 17.1 Å². The van der Waals surface area contributed by atoms with Gasteiger partial charge in [0.1, 0.15) is 0 Å². The van der Waals surface area contributed by atoms with Crippen LogP contribution in [-0.4, -0.2) is 0 Å². The third kappa shape index (κ3) is 7.09. The van der Waals surface area contributed by atoms with E-state index in [2.05, 4.69) is 278 Å². The van der Waals surface area contributed by atoms with Crippen molar-refractivity contribution in [2.75, 3.05) is 4.90 Å². The van der Waals surface area contributed by atoms with Crippen LogP contribution in [-0.2, 0) is 0 Å². The summed E-state index contributed by atoms with van der Waals surface area (Å²) < 4.78 is 2.59. The van der Waals surface area contributed by atoms with Crippen molar-refractivity contribution in [1.82, 2.24) is 0 Å². The summed E-state index contributed by atoms with van der Waals surface area (Å²) in [4.78, 5) is 7.84. The molecule has 0 radical (unpaired) electrons. The van der Waals surface area contributed by atoms with Gasteiger partial charge in [-0.05, 0) is 153 Å². The molecule has 1 aliphatic heterocycles. The number of para-hydroxylation sites is 1. The lowest BCUT2D eigenvalue weighted by atomic mass is 9.99. The van der Waals surface area contributed by atoms with E-state index in [-0.39, 0.29) is 0 Å². The van der Waals surface area contributed by atoms with Crippen LogP contribution in [0.1, 0.15) is 0 Å². The minimum atomic E-state index is -1.99. The molecule has 11 aromatic carbocycles. The standard InChI is InChI=1S/C66H45NS2/c1-5-18-46(19-6-1)49-32-35-55(36-33-49)67(54-25-11-4-12-26-54)56-27-17-24-50(41-56)51-34-38-63-61(44-51)62-45-57(37-39-64(62)68-63)69(65-30-15-13-28-59(65)60-29-14-16-31-66(60)69)58-42-52(47-20-7-2-8-21-47)40-53(43-58)48-22-9-3-10-23-48/h1-45H. The van der Waals surface area contributed by atoms with Gasteiger partial charge in [-0.1, -0.05) is 176 Å². The van der Waals surface area contributed by atoms with E-state index >= 15 is 0 Å². The Kier molecular flexibility index (Phi) is 10.2. The van der Waals surface area contributed by atoms with Gasteiger partial charge in [-0.3, -0.25) is 0 Å². The molecule has 69 heavy (non-hydrogen) atoms. The molecule has 0 fully saturated rings. The summed E-state index contributed by atoms with van der Waals surface area (Å²) in [5.41, 5.74) is 15.7. The van der Waals surface area contributed by atoms with Crippen LogP contribution in [0.15, 0.2) is 293 Å². The van der Waals surface area contributed by atoms with Crippen molar-refractivity contribution in [3.63, 3.8) is 0 Å². The van der Waals surface area contributed by atoms with Crippen LogP contribution >= 0.6 is 21.4 Å². The first kappa shape index (κ1) is 41.0. The van der Waals surface area contributed by atoms with Crippen LogP contribution in [0.5, 0.6) is 0 Å². The molecule has 0 amide bonds. The molecule has 0 N–H and O–H groups in total. The molecule has 0 atom stereocenters. The Bertz CT molecular complexity index is 3720. The van der Waals surface area contributed by atoms with Crippen molar-refractivity contribution in [1.29, 1.82) is 0 Å². The first-order valence-corrected chi connectivity index (χ1v) is 26.0. The van der Waals surface area contributed by atoms with Gasteiger partial charge in [-0.25, -0.2) is 0 Å². The molecular formula is C66H45NS2. The molecule has 1 nitrogen and oxygen atoms in total. The van der Waals surface area contributed by atoms with Gasteiger partial charge in [0.15, 0.2) is 0 Å². The number of fused-ring (bicyclic) bond motifs is 6. The molecule has 0 spiro atoms. The smallest absolute Gasteiger partial charge is 0.0467 e. The predicted molar refractivity (Wildman–Crippen MR) is 295 cm³/mol. The quantitative estimate of drug-likeness (QED) is 0.139. The van der Waals surface area contributed by atoms with Crippen LogP contribution in [0.2, 0.25) is 0 Å². The van der Waals surface area contributed by atoms with Crippen LogP contribution < -0.4 is 4.90 Å². The van der Waals surface area contributed by atoms with Gasteiger partial charge < -0.3 is 4.90 Å². The second-order valence-electron chi connectivity index (χ2n) is 17.7. The Morgan fingerprint density at radius 1 is 0.261 bits per heavy atom. The predicted octanol–water partition coefficient (Wildman–Crippen LogP) is 19.5. The summed E-state index contributed by atoms with van der Waals surface area (Å²) in [6.07, 6.45) is 0. The first-order chi connectivity index (χ1) is 34.2. The Morgan fingerprint density at radius 3 is 1.30 bits per heavy atom. The van der Waals surface area contributed by atoms with Gasteiger partial charge in [0.2, 0.25) is 0 Å². The third-order valence-corrected chi connectivity index (χ3v) is 18.8. The van der Waals surface area contributed by atoms with E-state index in [1.807, 2.05) is 11.3 Å². The molecule has 12 aromatic rings. The molecular weight excluding hydrogens is 871 g/mol. The number of hydrogen-bond acceptors (Lipinski definition) is 2. The van der Waals surface area contributed by atoms with Gasteiger partial charge in [-0.2, -0.15) is 0 Å². The average molecular weight is 916 g/mol. The minimum Gasteiger partial charge on any atom is -0.310 e. The second-order valence-corrected chi connectivity index (χ2v) is 21.8. The zero-order valence-electron chi connectivity index (χ0n) is 37.7. The van der Waals surface area contributed by atoms with Crippen molar-refractivity contribution in [2.45, 2.75) is 19.6 Å². The number of nitrogens with zero attached hydrogens (tertiary/aromatic N) is 1. The van der Waals surface area contributed by atoms with E-state index in [0.29, 0.717) is 0 Å². The normalized spacial score (nSPS) is 12.9. The maximum atomic E-state index is 2.55. The monoisotopic (exact) mass is 915 g/mol. The van der Waals surface area contributed by atoms with Gasteiger partial charge in [-0.15, -0.1) is 21.4 Å². The highest BCUT2D eigenvalue weighted by Crippen LogP contribution is 2.80. The highest BCUT2D eigenvalue weighted by molar-refractivity contribution is 8.34. The zero-order chi connectivity index (χ0) is 45.7. The summed E-state index contributed by atoms with van der Waals surface area (Å²) in [5.74, 6) is 0.